The van der Waals surface area contributed by atoms with Crippen molar-refractivity contribution in [1.29, 1.82) is 0 Å². The van der Waals surface area contributed by atoms with E-state index in [1.54, 1.807) is 0 Å². The van der Waals surface area contributed by atoms with E-state index in [-0.39, 0.29) is 18.2 Å². The average molecular weight is 322 g/mol. The molecule has 23 heavy (non-hydrogen) atoms. The van der Waals surface area contributed by atoms with Crippen LogP contribution < -0.4 is 10.6 Å². The van der Waals surface area contributed by atoms with E-state index in [1.807, 2.05) is 33.3 Å². The van der Waals surface area contributed by atoms with Crippen LogP contribution in [0.15, 0.2) is 12.5 Å². The number of rotatable bonds is 5. The van der Waals surface area contributed by atoms with Crippen molar-refractivity contribution in [2.24, 2.45) is 0 Å². The molecule has 0 bridgehead atoms. The lowest BCUT2D eigenvalue weighted by atomic mass is 10.1. The Bertz CT molecular complexity index is 519. The van der Waals surface area contributed by atoms with Crippen molar-refractivity contribution in [2.75, 3.05) is 0 Å². The number of hydrogen-bond donors (Lipinski definition) is 2. The number of alkyl carbamates (subject to hydrolysis) is 1. The second-order valence-corrected chi connectivity index (χ2v) is 7.56. The van der Waals surface area contributed by atoms with Crippen LogP contribution in [0.4, 0.5) is 4.79 Å². The van der Waals surface area contributed by atoms with Gasteiger partial charge in [0.2, 0.25) is 0 Å². The highest BCUT2D eigenvalue weighted by molar-refractivity contribution is 5.68. The topological polar surface area (TPSA) is 68.2 Å². The van der Waals surface area contributed by atoms with E-state index in [2.05, 4.69) is 34.0 Å². The minimum absolute atomic E-state index is 0.125. The fraction of sp³-hybridized carbons (Fsp3) is 0.765. The molecule has 0 spiro atoms. The van der Waals surface area contributed by atoms with Gasteiger partial charge in [-0.05, 0) is 53.9 Å². The maximum absolute atomic E-state index is 12.0. The molecule has 2 atom stereocenters. The first-order valence-corrected chi connectivity index (χ1v) is 8.50. The van der Waals surface area contributed by atoms with Crippen molar-refractivity contribution >= 4 is 6.09 Å². The van der Waals surface area contributed by atoms with Crippen LogP contribution in [0.2, 0.25) is 0 Å². The number of aromatic nitrogens is 2. The zero-order valence-electron chi connectivity index (χ0n) is 14.9. The lowest BCUT2D eigenvalue weighted by molar-refractivity contribution is 0.0498. The molecule has 1 heterocycles. The summed E-state index contributed by atoms with van der Waals surface area (Å²) < 4.78 is 7.52. The molecule has 6 nitrogen and oxygen atoms in total. The molecule has 2 rings (SSSR count). The van der Waals surface area contributed by atoms with Crippen molar-refractivity contribution in [1.82, 2.24) is 20.2 Å². The summed E-state index contributed by atoms with van der Waals surface area (Å²) in [5, 5.41) is 6.57. The molecule has 1 aromatic heterocycles. The molecule has 1 fully saturated rings. The Balaban J connectivity index is 1.87. The Morgan fingerprint density at radius 2 is 2.09 bits per heavy atom. The summed E-state index contributed by atoms with van der Waals surface area (Å²) in [4.78, 5) is 16.2. The van der Waals surface area contributed by atoms with Gasteiger partial charge in [-0.15, -0.1) is 0 Å². The van der Waals surface area contributed by atoms with Gasteiger partial charge in [0.1, 0.15) is 5.60 Å². The second-order valence-electron chi connectivity index (χ2n) is 7.56. The van der Waals surface area contributed by atoms with Gasteiger partial charge in [0.25, 0.3) is 0 Å². The Morgan fingerprint density at radius 3 is 2.74 bits per heavy atom. The number of carbonyl (C=O) groups excluding carboxylic acids is 1. The Morgan fingerprint density at radius 1 is 1.39 bits per heavy atom. The summed E-state index contributed by atoms with van der Waals surface area (Å²) in [6.45, 7) is 10.7. The lowest BCUT2D eigenvalue weighted by Gasteiger charge is -2.25. The molecule has 1 amide bonds. The standard InChI is InChI=1S/C17H30N4O2/c1-12(2)21-11-18-9-13(21)10-19-14-7-6-8-15(14)20-16(22)23-17(3,4)5/h9,11-12,14-15,19H,6-8,10H2,1-5H3,(H,20,22). The van der Waals surface area contributed by atoms with E-state index in [4.69, 9.17) is 4.74 Å². The molecule has 0 aromatic carbocycles. The number of ether oxygens (including phenoxy) is 1. The highest BCUT2D eigenvalue weighted by Gasteiger charge is 2.30. The predicted molar refractivity (Wildman–Crippen MR) is 90.2 cm³/mol. The fourth-order valence-corrected chi connectivity index (χ4v) is 3.01. The number of amides is 1. The van der Waals surface area contributed by atoms with Gasteiger partial charge in [-0.25, -0.2) is 9.78 Å². The SMILES string of the molecule is CC(C)n1cncc1CNC1CCCC1NC(=O)OC(C)(C)C. The first kappa shape index (κ1) is 17.8. The Kier molecular flexibility index (Phi) is 5.68. The van der Waals surface area contributed by atoms with E-state index < -0.39 is 5.60 Å². The molecule has 0 saturated heterocycles. The molecule has 130 valence electrons. The van der Waals surface area contributed by atoms with Crippen molar-refractivity contribution in [3.05, 3.63) is 18.2 Å². The zero-order valence-corrected chi connectivity index (χ0v) is 14.9. The van der Waals surface area contributed by atoms with Gasteiger partial charge in [-0.1, -0.05) is 0 Å². The molecule has 2 N–H and O–H groups in total. The molecule has 1 aromatic rings. The van der Waals surface area contributed by atoms with Crippen LogP contribution in [-0.4, -0.2) is 33.3 Å². The lowest BCUT2D eigenvalue weighted by Crippen LogP contribution is -2.48. The van der Waals surface area contributed by atoms with E-state index in [0.717, 1.165) is 25.8 Å². The number of nitrogens with one attached hydrogen (secondary N) is 2. The van der Waals surface area contributed by atoms with Gasteiger partial charge in [-0.3, -0.25) is 0 Å². The van der Waals surface area contributed by atoms with Gasteiger partial charge < -0.3 is 19.9 Å². The number of imidazole rings is 1. The molecule has 6 heteroatoms. The van der Waals surface area contributed by atoms with E-state index in [9.17, 15) is 4.79 Å². The van der Waals surface area contributed by atoms with Crippen LogP contribution in [0.5, 0.6) is 0 Å². The highest BCUT2D eigenvalue weighted by atomic mass is 16.6. The third-order valence-electron chi connectivity index (χ3n) is 4.07. The van der Waals surface area contributed by atoms with Gasteiger partial charge >= 0.3 is 6.09 Å². The molecule has 0 aliphatic heterocycles. The summed E-state index contributed by atoms with van der Waals surface area (Å²) >= 11 is 0. The third kappa shape index (κ3) is 5.23. The summed E-state index contributed by atoms with van der Waals surface area (Å²) in [6.07, 6.45) is 6.60. The van der Waals surface area contributed by atoms with E-state index in [1.165, 1.54) is 5.69 Å². The summed E-state index contributed by atoms with van der Waals surface area (Å²) in [6, 6.07) is 0.798. The van der Waals surface area contributed by atoms with Crippen molar-refractivity contribution in [3.8, 4) is 0 Å². The monoisotopic (exact) mass is 322 g/mol. The zero-order chi connectivity index (χ0) is 17.0. The largest absolute Gasteiger partial charge is 0.444 e. The van der Waals surface area contributed by atoms with Crippen molar-refractivity contribution < 1.29 is 9.53 Å². The average Bonchev–Trinajstić information content (AvgIpc) is 3.02. The second kappa shape index (κ2) is 7.34. The van der Waals surface area contributed by atoms with Gasteiger partial charge in [-0.2, -0.15) is 0 Å². The van der Waals surface area contributed by atoms with Crippen LogP contribution in [-0.2, 0) is 11.3 Å². The van der Waals surface area contributed by atoms with Gasteiger partial charge in [0, 0.05) is 30.9 Å². The molecular formula is C17H30N4O2. The van der Waals surface area contributed by atoms with E-state index >= 15 is 0 Å². The maximum Gasteiger partial charge on any atom is 0.407 e. The minimum Gasteiger partial charge on any atom is -0.444 e. The minimum atomic E-state index is -0.463. The van der Waals surface area contributed by atoms with Crippen LogP contribution in [0.25, 0.3) is 0 Å². The summed E-state index contributed by atoms with van der Waals surface area (Å²) in [5.74, 6) is 0. The Hall–Kier alpha value is -1.56. The Labute approximate surface area is 139 Å². The summed E-state index contributed by atoms with van der Waals surface area (Å²) in [7, 11) is 0. The van der Waals surface area contributed by atoms with Crippen LogP contribution in [0.1, 0.15) is 65.6 Å². The number of hydrogen-bond acceptors (Lipinski definition) is 4. The first-order valence-electron chi connectivity index (χ1n) is 8.50. The molecule has 1 saturated carbocycles. The quantitative estimate of drug-likeness (QED) is 0.874. The van der Waals surface area contributed by atoms with Crippen LogP contribution in [0, 0.1) is 0 Å². The molecular weight excluding hydrogens is 292 g/mol. The normalized spacial score (nSPS) is 21.7. The predicted octanol–water partition coefficient (Wildman–Crippen LogP) is 3.00. The summed E-state index contributed by atoms with van der Waals surface area (Å²) in [5.41, 5.74) is 0.706. The molecule has 1 aliphatic rings. The van der Waals surface area contributed by atoms with Crippen molar-refractivity contribution in [2.45, 2.75) is 84.2 Å². The van der Waals surface area contributed by atoms with Gasteiger partial charge in [0.05, 0.1) is 12.0 Å². The molecule has 0 radical (unpaired) electrons. The molecule has 2 unspecified atom stereocenters. The highest BCUT2D eigenvalue weighted by Crippen LogP contribution is 2.20. The van der Waals surface area contributed by atoms with Gasteiger partial charge in [0.15, 0.2) is 0 Å². The number of carbonyl (C=O) groups is 1. The maximum atomic E-state index is 12.0. The third-order valence-corrected chi connectivity index (χ3v) is 4.07. The van der Waals surface area contributed by atoms with Crippen LogP contribution in [0.3, 0.4) is 0 Å². The van der Waals surface area contributed by atoms with Crippen molar-refractivity contribution in [3.63, 3.8) is 0 Å². The number of nitrogens with zero attached hydrogens (tertiary/aromatic N) is 2. The fourth-order valence-electron chi connectivity index (χ4n) is 3.01. The first-order chi connectivity index (χ1) is 10.8. The smallest absolute Gasteiger partial charge is 0.407 e. The molecule has 1 aliphatic carbocycles. The van der Waals surface area contributed by atoms with E-state index in [0.29, 0.717) is 6.04 Å². The van der Waals surface area contributed by atoms with Crippen LogP contribution >= 0.6 is 0 Å².